The van der Waals surface area contributed by atoms with E-state index in [4.69, 9.17) is 11.5 Å². The average molecular weight is 514 g/mol. The number of nitro groups is 2. The molecule has 2 aromatic carbocycles. The normalized spacial score (nSPS) is 12.1. The summed E-state index contributed by atoms with van der Waals surface area (Å²) in [5.74, 6) is 0.243. The number of amidine groups is 2. The van der Waals surface area contributed by atoms with Gasteiger partial charge in [0, 0.05) is 44.3 Å². The van der Waals surface area contributed by atoms with Crippen LogP contribution in [0.3, 0.4) is 0 Å². The summed E-state index contributed by atoms with van der Waals surface area (Å²) in [7, 11) is 0. The van der Waals surface area contributed by atoms with Crippen LogP contribution in [0.5, 0.6) is 0 Å². The van der Waals surface area contributed by atoms with Crippen molar-refractivity contribution in [2.45, 2.75) is 0 Å². The lowest BCUT2D eigenvalue weighted by molar-refractivity contribution is -0.385. The minimum absolute atomic E-state index is 0.110. The maximum atomic E-state index is 10.9. The van der Waals surface area contributed by atoms with Crippen LogP contribution in [0.1, 0.15) is 11.1 Å². The molecular formula is C16H14Br2N6O4. The van der Waals surface area contributed by atoms with Crippen molar-refractivity contribution in [1.29, 1.82) is 0 Å². The van der Waals surface area contributed by atoms with Crippen LogP contribution < -0.4 is 11.5 Å². The Hall–Kier alpha value is -2.86. The van der Waals surface area contributed by atoms with Gasteiger partial charge in [-0.05, 0) is 12.1 Å². The molecule has 0 saturated carbocycles. The first-order chi connectivity index (χ1) is 13.2. The number of benzene rings is 2. The van der Waals surface area contributed by atoms with Crippen LogP contribution in [0.4, 0.5) is 11.4 Å². The number of aliphatic imine (C=N–C) groups is 2. The van der Waals surface area contributed by atoms with E-state index in [0.29, 0.717) is 20.1 Å². The molecule has 2 rings (SSSR count). The highest BCUT2D eigenvalue weighted by Gasteiger charge is 2.12. The fourth-order valence-electron chi connectivity index (χ4n) is 2.18. The van der Waals surface area contributed by atoms with Crippen LogP contribution >= 0.6 is 31.9 Å². The number of nitrogens with zero attached hydrogens (tertiary/aromatic N) is 4. The van der Waals surface area contributed by atoms with Crippen molar-refractivity contribution in [2.75, 3.05) is 13.1 Å². The van der Waals surface area contributed by atoms with Gasteiger partial charge in [-0.15, -0.1) is 0 Å². The Morgan fingerprint density at radius 3 is 1.46 bits per heavy atom. The number of hydrogen-bond acceptors (Lipinski definition) is 6. The molecule has 0 aliphatic rings. The molecule has 0 spiro atoms. The van der Waals surface area contributed by atoms with E-state index in [0.717, 1.165) is 0 Å². The monoisotopic (exact) mass is 512 g/mol. The Balaban J connectivity index is 2.10. The first kappa shape index (κ1) is 21.4. The quantitative estimate of drug-likeness (QED) is 0.190. The third-order valence-corrected chi connectivity index (χ3v) is 4.36. The molecule has 0 aliphatic heterocycles. The highest BCUT2D eigenvalue weighted by atomic mass is 79.9. The lowest BCUT2D eigenvalue weighted by Crippen LogP contribution is -2.17. The molecule has 0 amide bonds. The predicted octanol–water partition coefficient (Wildman–Crippen LogP) is 3.14. The number of nitrogens with two attached hydrogens (primary N) is 2. The van der Waals surface area contributed by atoms with Crippen LogP contribution in [0.15, 0.2) is 55.3 Å². The molecule has 4 N–H and O–H groups in total. The summed E-state index contributed by atoms with van der Waals surface area (Å²) in [6, 6.07) is 8.59. The van der Waals surface area contributed by atoms with E-state index >= 15 is 0 Å². The van der Waals surface area contributed by atoms with Gasteiger partial charge in [-0.3, -0.25) is 30.2 Å². The van der Waals surface area contributed by atoms with Crippen molar-refractivity contribution < 1.29 is 9.85 Å². The number of nitro benzene ring substituents is 2. The molecular weight excluding hydrogens is 500 g/mol. The smallest absolute Gasteiger partial charge is 0.271 e. The van der Waals surface area contributed by atoms with E-state index in [1.807, 2.05) is 0 Å². The summed E-state index contributed by atoms with van der Waals surface area (Å²) in [5, 5.41) is 21.8. The molecule has 0 saturated heterocycles. The molecule has 0 fully saturated rings. The average Bonchev–Trinajstić information content (AvgIpc) is 2.63. The maximum absolute atomic E-state index is 10.9. The third-order valence-electron chi connectivity index (χ3n) is 3.44. The van der Waals surface area contributed by atoms with Gasteiger partial charge in [0.25, 0.3) is 11.4 Å². The molecule has 10 nitrogen and oxygen atoms in total. The van der Waals surface area contributed by atoms with Crippen molar-refractivity contribution in [3.05, 3.63) is 76.7 Å². The highest BCUT2D eigenvalue weighted by molar-refractivity contribution is 9.10. The van der Waals surface area contributed by atoms with Gasteiger partial charge in [-0.2, -0.15) is 0 Å². The van der Waals surface area contributed by atoms with Crippen LogP contribution in [0.25, 0.3) is 0 Å². The summed E-state index contributed by atoms with van der Waals surface area (Å²) in [5.41, 5.74) is 12.3. The molecule has 0 aromatic heterocycles. The molecule has 0 aliphatic carbocycles. The fourth-order valence-corrected chi connectivity index (χ4v) is 3.14. The summed E-state index contributed by atoms with van der Waals surface area (Å²) in [6.45, 7) is 0.367. The second-order valence-electron chi connectivity index (χ2n) is 5.44. The molecule has 28 heavy (non-hydrogen) atoms. The van der Waals surface area contributed by atoms with E-state index in [9.17, 15) is 20.2 Å². The van der Waals surface area contributed by atoms with Gasteiger partial charge in [-0.1, -0.05) is 31.9 Å². The van der Waals surface area contributed by atoms with Gasteiger partial charge >= 0.3 is 0 Å². The Morgan fingerprint density at radius 2 is 1.14 bits per heavy atom. The Bertz CT molecular complexity index is 914. The first-order valence-corrected chi connectivity index (χ1v) is 9.26. The molecule has 0 heterocycles. The minimum Gasteiger partial charge on any atom is -0.384 e. The van der Waals surface area contributed by atoms with Crippen LogP contribution in [-0.4, -0.2) is 34.6 Å². The molecule has 0 atom stereocenters. The number of non-ortho nitro benzene ring substituents is 2. The largest absolute Gasteiger partial charge is 0.384 e. The zero-order valence-corrected chi connectivity index (χ0v) is 17.4. The molecule has 0 unspecified atom stereocenters. The maximum Gasteiger partial charge on any atom is 0.271 e. The number of hydrogen-bond donors (Lipinski definition) is 2. The summed E-state index contributed by atoms with van der Waals surface area (Å²) in [4.78, 5) is 29.1. The third kappa shape index (κ3) is 5.82. The summed E-state index contributed by atoms with van der Waals surface area (Å²) in [6.07, 6.45) is 0. The lowest BCUT2D eigenvalue weighted by atomic mass is 10.2. The van der Waals surface area contributed by atoms with Gasteiger partial charge in [-0.25, -0.2) is 0 Å². The molecule has 12 heteroatoms. The SMILES string of the molecule is NC(=NCCN=C(N)c1cc(Br)cc([N+](=O)[O-])c1)c1cc(Br)cc([N+](=O)[O-])c1. The first-order valence-electron chi connectivity index (χ1n) is 7.68. The van der Waals surface area contributed by atoms with Gasteiger partial charge < -0.3 is 11.5 Å². The van der Waals surface area contributed by atoms with E-state index in [1.165, 1.54) is 24.3 Å². The van der Waals surface area contributed by atoms with Crippen LogP contribution in [-0.2, 0) is 0 Å². The minimum atomic E-state index is -0.524. The van der Waals surface area contributed by atoms with Crippen molar-refractivity contribution in [3.63, 3.8) is 0 Å². The van der Waals surface area contributed by atoms with E-state index in [1.54, 1.807) is 12.1 Å². The van der Waals surface area contributed by atoms with Crippen molar-refractivity contribution in [2.24, 2.45) is 21.5 Å². The summed E-state index contributed by atoms with van der Waals surface area (Å²) < 4.78 is 1.02. The molecule has 0 bridgehead atoms. The molecule has 2 aromatic rings. The van der Waals surface area contributed by atoms with E-state index in [2.05, 4.69) is 41.8 Å². The van der Waals surface area contributed by atoms with E-state index < -0.39 is 9.85 Å². The van der Waals surface area contributed by atoms with Crippen LogP contribution in [0.2, 0.25) is 0 Å². The molecule has 146 valence electrons. The number of halogens is 2. The lowest BCUT2D eigenvalue weighted by Gasteiger charge is -2.04. The number of rotatable bonds is 7. The Morgan fingerprint density at radius 1 is 0.786 bits per heavy atom. The zero-order valence-electron chi connectivity index (χ0n) is 14.2. The Kier molecular flexibility index (Phi) is 7.18. The molecule has 0 radical (unpaired) electrons. The van der Waals surface area contributed by atoms with Crippen LogP contribution in [0, 0.1) is 20.2 Å². The van der Waals surface area contributed by atoms with E-state index in [-0.39, 0.29) is 36.1 Å². The predicted molar refractivity (Wildman–Crippen MR) is 113 cm³/mol. The fraction of sp³-hybridized carbons (Fsp3) is 0.125. The summed E-state index contributed by atoms with van der Waals surface area (Å²) >= 11 is 6.39. The second-order valence-corrected chi connectivity index (χ2v) is 7.28. The topological polar surface area (TPSA) is 163 Å². The highest BCUT2D eigenvalue weighted by Crippen LogP contribution is 2.22. The van der Waals surface area contributed by atoms with Crippen molar-refractivity contribution in [3.8, 4) is 0 Å². The van der Waals surface area contributed by atoms with Gasteiger partial charge in [0.1, 0.15) is 11.7 Å². The van der Waals surface area contributed by atoms with Gasteiger partial charge in [0.15, 0.2) is 0 Å². The van der Waals surface area contributed by atoms with Crippen molar-refractivity contribution in [1.82, 2.24) is 0 Å². The standard InChI is InChI=1S/C16H14Br2N6O4/c17-11-3-9(5-13(7-11)23(25)26)15(19)21-1-2-22-16(20)10-4-12(18)8-14(6-10)24(27)28/h3-8H,1-2H2,(H2,19,21)(H2,20,22). The second kappa shape index (κ2) is 9.37. The Labute approximate surface area is 175 Å². The van der Waals surface area contributed by atoms with Gasteiger partial charge in [0.2, 0.25) is 0 Å². The zero-order chi connectivity index (χ0) is 20.8. The van der Waals surface area contributed by atoms with Gasteiger partial charge in [0.05, 0.1) is 22.9 Å². The van der Waals surface area contributed by atoms with Crippen molar-refractivity contribution >= 4 is 54.9 Å².